The lowest BCUT2D eigenvalue weighted by molar-refractivity contribution is 0.0787. The zero-order chi connectivity index (χ0) is 17.9. The molecule has 0 atom stereocenters. The molecule has 0 fully saturated rings. The minimum atomic E-state index is -3.70. The summed E-state index contributed by atoms with van der Waals surface area (Å²) in [4.78, 5) is 15.4. The fourth-order valence-electron chi connectivity index (χ4n) is 2.28. The molecule has 0 bridgehead atoms. The van der Waals surface area contributed by atoms with Crippen LogP contribution < -0.4 is 4.72 Å². The van der Waals surface area contributed by atoms with Gasteiger partial charge in [-0.1, -0.05) is 24.3 Å². The number of para-hydroxylation sites is 1. The minimum Gasteiger partial charge on any atom is -0.336 e. The van der Waals surface area contributed by atoms with Crippen LogP contribution in [0.15, 0.2) is 63.5 Å². The van der Waals surface area contributed by atoms with Crippen molar-refractivity contribution < 1.29 is 13.2 Å². The lowest BCUT2D eigenvalue weighted by Crippen LogP contribution is -2.27. The van der Waals surface area contributed by atoms with Crippen LogP contribution in [0.25, 0.3) is 0 Å². The summed E-state index contributed by atoms with van der Waals surface area (Å²) in [5, 5.41) is 3.65. The zero-order valence-electron chi connectivity index (χ0n) is 13.4. The van der Waals surface area contributed by atoms with E-state index in [9.17, 15) is 13.2 Å². The van der Waals surface area contributed by atoms with Gasteiger partial charge in [-0.15, -0.1) is 22.7 Å². The number of thiophene rings is 2. The summed E-state index contributed by atoms with van der Waals surface area (Å²) in [6, 6.07) is 13.7. The Bertz CT molecular complexity index is 949. The Morgan fingerprint density at radius 1 is 1.04 bits per heavy atom. The third-order valence-electron chi connectivity index (χ3n) is 3.48. The highest BCUT2D eigenvalue weighted by molar-refractivity contribution is 7.94. The average Bonchev–Trinajstić information content (AvgIpc) is 3.28. The number of benzene rings is 1. The first-order valence-electron chi connectivity index (χ1n) is 7.40. The Balaban J connectivity index is 1.84. The van der Waals surface area contributed by atoms with E-state index < -0.39 is 10.0 Å². The molecule has 130 valence electrons. The third kappa shape index (κ3) is 4.09. The lowest BCUT2D eigenvalue weighted by Gasteiger charge is -2.18. The Kier molecular flexibility index (Phi) is 5.22. The predicted molar refractivity (Wildman–Crippen MR) is 102 cm³/mol. The number of nitrogens with zero attached hydrogens (tertiary/aromatic N) is 1. The van der Waals surface area contributed by atoms with Gasteiger partial charge < -0.3 is 4.90 Å². The fourth-order valence-corrected chi connectivity index (χ4v) is 5.11. The summed E-state index contributed by atoms with van der Waals surface area (Å²) >= 11 is 2.70. The SMILES string of the molecule is CN(Cc1cccs1)C(=O)c1ccccc1NS(=O)(=O)c1cccs1. The molecule has 1 N–H and O–H groups in total. The van der Waals surface area contributed by atoms with E-state index in [0.29, 0.717) is 12.1 Å². The summed E-state index contributed by atoms with van der Waals surface area (Å²) in [6.07, 6.45) is 0. The van der Waals surface area contributed by atoms with Gasteiger partial charge in [-0.05, 0) is 35.0 Å². The highest BCUT2D eigenvalue weighted by Crippen LogP contribution is 2.24. The van der Waals surface area contributed by atoms with Crippen LogP contribution in [0, 0.1) is 0 Å². The molecule has 0 aliphatic carbocycles. The maximum absolute atomic E-state index is 12.8. The van der Waals surface area contributed by atoms with Crippen LogP contribution in [-0.2, 0) is 16.6 Å². The lowest BCUT2D eigenvalue weighted by atomic mass is 10.1. The van der Waals surface area contributed by atoms with Crippen LogP contribution in [0.4, 0.5) is 5.69 Å². The average molecular weight is 393 g/mol. The second kappa shape index (κ2) is 7.38. The van der Waals surface area contributed by atoms with Gasteiger partial charge in [-0.2, -0.15) is 0 Å². The van der Waals surface area contributed by atoms with Gasteiger partial charge in [0.1, 0.15) is 4.21 Å². The Morgan fingerprint density at radius 3 is 2.44 bits per heavy atom. The Hall–Kier alpha value is -2.16. The molecule has 0 saturated heterocycles. The zero-order valence-corrected chi connectivity index (χ0v) is 15.8. The number of rotatable bonds is 6. The van der Waals surface area contributed by atoms with Crippen molar-refractivity contribution in [2.75, 3.05) is 11.8 Å². The van der Waals surface area contributed by atoms with Crippen molar-refractivity contribution in [1.29, 1.82) is 0 Å². The Labute approximate surface area is 154 Å². The molecule has 0 aliphatic heterocycles. The molecule has 0 radical (unpaired) electrons. The molecule has 1 amide bonds. The quantitative estimate of drug-likeness (QED) is 0.692. The van der Waals surface area contributed by atoms with E-state index in [4.69, 9.17) is 0 Å². The number of carbonyl (C=O) groups excluding carboxylic acids is 1. The number of carbonyl (C=O) groups is 1. The van der Waals surface area contributed by atoms with E-state index in [1.807, 2.05) is 17.5 Å². The van der Waals surface area contributed by atoms with E-state index in [0.717, 1.165) is 16.2 Å². The van der Waals surface area contributed by atoms with Gasteiger partial charge in [0.05, 0.1) is 17.8 Å². The number of anilines is 1. The first-order valence-corrected chi connectivity index (χ1v) is 10.6. The summed E-state index contributed by atoms with van der Waals surface area (Å²) in [7, 11) is -2.00. The predicted octanol–water partition coefficient (Wildman–Crippen LogP) is 3.88. The van der Waals surface area contributed by atoms with Gasteiger partial charge in [-0.3, -0.25) is 9.52 Å². The van der Waals surface area contributed by atoms with Crippen molar-refractivity contribution in [3.05, 3.63) is 69.7 Å². The first-order chi connectivity index (χ1) is 12.0. The van der Waals surface area contributed by atoms with Gasteiger partial charge in [0.15, 0.2) is 0 Å². The molecule has 8 heteroatoms. The molecule has 3 aromatic rings. The number of amides is 1. The second-order valence-corrected chi connectivity index (χ2v) is 9.21. The van der Waals surface area contributed by atoms with E-state index >= 15 is 0 Å². The summed E-state index contributed by atoms with van der Waals surface area (Å²) in [6.45, 7) is 0.475. The van der Waals surface area contributed by atoms with Crippen LogP contribution in [0.5, 0.6) is 0 Å². The number of hydrogen-bond acceptors (Lipinski definition) is 5. The topological polar surface area (TPSA) is 66.5 Å². The number of hydrogen-bond donors (Lipinski definition) is 1. The summed E-state index contributed by atoms with van der Waals surface area (Å²) in [5.41, 5.74) is 0.598. The molecular weight excluding hydrogens is 376 g/mol. The summed E-state index contributed by atoms with van der Waals surface area (Å²) < 4.78 is 27.6. The van der Waals surface area contributed by atoms with E-state index in [-0.39, 0.29) is 15.8 Å². The fraction of sp³-hybridized carbons (Fsp3) is 0.118. The van der Waals surface area contributed by atoms with Crippen LogP contribution in [-0.4, -0.2) is 26.3 Å². The summed E-state index contributed by atoms with van der Waals surface area (Å²) in [5.74, 6) is -0.238. The minimum absolute atomic E-state index is 0.210. The van der Waals surface area contributed by atoms with Crippen molar-refractivity contribution in [2.24, 2.45) is 0 Å². The van der Waals surface area contributed by atoms with Crippen molar-refractivity contribution in [1.82, 2.24) is 4.90 Å². The molecule has 1 aromatic carbocycles. The third-order valence-corrected chi connectivity index (χ3v) is 7.11. The molecule has 0 spiro atoms. The highest BCUT2D eigenvalue weighted by Gasteiger charge is 2.21. The van der Waals surface area contributed by atoms with Gasteiger partial charge in [0, 0.05) is 11.9 Å². The Morgan fingerprint density at radius 2 is 1.76 bits per heavy atom. The van der Waals surface area contributed by atoms with Gasteiger partial charge in [0.2, 0.25) is 0 Å². The molecule has 3 rings (SSSR count). The standard InChI is InChI=1S/C17H16N2O3S3/c1-19(12-13-6-4-10-23-13)17(20)14-7-2-3-8-15(14)18-25(21,22)16-9-5-11-24-16/h2-11,18H,12H2,1H3. The maximum Gasteiger partial charge on any atom is 0.271 e. The van der Waals surface area contributed by atoms with E-state index in [1.54, 1.807) is 59.0 Å². The second-order valence-electron chi connectivity index (χ2n) is 5.32. The van der Waals surface area contributed by atoms with Crippen molar-refractivity contribution in [3.63, 3.8) is 0 Å². The van der Waals surface area contributed by atoms with Crippen molar-refractivity contribution in [3.8, 4) is 0 Å². The number of sulfonamides is 1. The normalized spacial score (nSPS) is 11.2. The molecule has 5 nitrogen and oxygen atoms in total. The van der Waals surface area contributed by atoms with Gasteiger partial charge in [0.25, 0.3) is 15.9 Å². The molecular formula is C17H16N2O3S3. The van der Waals surface area contributed by atoms with Crippen LogP contribution in [0.2, 0.25) is 0 Å². The largest absolute Gasteiger partial charge is 0.336 e. The molecule has 0 saturated carbocycles. The molecule has 2 aromatic heterocycles. The smallest absolute Gasteiger partial charge is 0.271 e. The van der Waals surface area contributed by atoms with Crippen molar-refractivity contribution in [2.45, 2.75) is 10.8 Å². The van der Waals surface area contributed by atoms with Crippen LogP contribution in [0.1, 0.15) is 15.2 Å². The van der Waals surface area contributed by atoms with Crippen LogP contribution >= 0.6 is 22.7 Å². The van der Waals surface area contributed by atoms with Gasteiger partial charge >= 0.3 is 0 Å². The molecule has 0 aliphatic rings. The van der Waals surface area contributed by atoms with E-state index in [1.165, 1.54) is 6.07 Å². The first kappa shape index (κ1) is 17.7. The number of nitrogens with one attached hydrogen (secondary N) is 1. The van der Waals surface area contributed by atoms with Crippen molar-refractivity contribution >= 4 is 44.3 Å². The maximum atomic E-state index is 12.8. The molecule has 2 heterocycles. The van der Waals surface area contributed by atoms with Crippen LogP contribution in [0.3, 0.4) is 0 Å². The molecule has 0 unspecified atom stereocenters. The van der Waals surface area contributed by atoms with Gasteiger partial charge in [-0.25, -0.2) is 8.42 Å². The molecule has 25 heavy (non-hydrogen) atoms. The van der Waals surface area contributed by atoms with E-state index in [2.05, 4.69) is 4.72 Å². The highest BCUT2D eigenvalue weighted by atomic mass is 32.2. The monoisotopic (exact) mass is 392 g/mol.